The number of nitrogens with zero attached hydrogens (tertiary/aromatic N) is 1. The first-order valence-electron chi connectivity index (χ1n) is 6.05. The van der Waals surface area contributed by atoms with Crippen molar-refractivity contribution in [2.24, 2.45) is 0 Å². The predicted molar refractivity (Wildman–Crippen MR) is 68.1 cm³/mol. The van der Waals surface area contributed by atoms with Crippen molar-refractivity contribution in [2.45, 2.75) is 45.8 Å². The van der Waals surface area contributed by atoms with Gasteiger partial charge in [0.15, 0.2) is 0 Å². The average molecular weight is 238 g/mol. The fourth-order valence-electron chi connectivity index (χ4n) is 1.52. The maximum absolute atomic E-state index is 12.0. The van der Waals surface area contributed by atoms with Crippen LogP contribution >= 0.6 is 0 Å². The van der Waals surface area contributed by atoms with Crippen LogP contribution in [0.25, 0.3) is 0 Å². The summed E-state index contributed by atoms with van der Waals surface area (Å²) in [6.45, 7) is 7.93. The minimum Gasteiger partial charge on any atom is -0.388 e. The van der Waals surface area contributed by atoms with E-state index in [1.165, 1.54) is 0 Å². The van der Waals surface area contributed by atoms with Gasteiger partial charge in [0.25, 0.3) is 5.91 Å². The molecule has 0 aliphatic rings. The number of nitrogens with one attached hydrogen (secondary N) is 1. The Morgan fingerprint density at radius 2 is 2.24 bits per heavy atom. The van der Waals surface area contributed by atoms with Gasteiger partial charge in [-0.05, 0) is 39.3 Å². The van der Waals surface area contributed by atoms with Gasteiger partial charge in [-0.1, -0.05) is 6.92 Å². The number of aromatic nitrogens is 1. The van der Waals surface area contributed by atoms with Gasteiger partial charge in [-0.2, -0.15) is 0 Å². The number of amides is 1. The first-order valence-corrected chi connectivity index (χ1v) is 6.05. The fourth-order valence-corrected chi connectivity index (χ4v) is 1.52. The Bertz CT molecular complexity index is 381. The second-order valence-corrected chi connectivity index (χ2v) is 4.93. The molecule has 1 aromatic rings. The summed E-state index contributed by atoms with van der Waals surface area (Å²) in [4.78, 5) is 12.0. The zero-order chi connectivity index (χ0) is 13.1. The van der Waals surface area contributed by atoms with Crippen molar-refractivity contribution in [1.29, 1.82) is 0 Å². The van der Waals surface area contributed by atoms with E-state index in [2.05, 4.69) is 5.32 Å². The highest BCUT2D eigenvalue weighted by atomic mass is 16.3. The van der Waals surface area contributed by atoms with Crippen LogP contribution < -0.4 is 5.32 Å². The van der Waals surface area contributed by atoms with E-state index >= 15 is 0 Å². The van der Waals surface area contributed by atoms with Crippen molar-refractivity contribution in [3.05, 3.63) is 24.0 Å². The number of hydrogen-bond acceptors (Lipinski definition) is 2. The SMILES string of the molecule is CCC(C)(O)CNC(=O)c1cccn1C(C)C. The minimum absolute atomic E-state index is 0.141. The summed E-state index contributed by atoms with van der Waals surface area (Å²) in [5.41, 5.74) is -0.211. The lowest BCUT2D eigenvalue weighted by Gasteiger charge is -2.22. The van der Waals surface area contributed by atoms with Crippen LogP contribution in [0.5, 0.6) is 0 Å². The molecule has 0 aliphatic carbocycles. The van der Waals surface area contributed by atoms with Crippen LogP contribution in [-0.4, -0.2) is 27.7 Å². The molecular formula is C13H22N2O2. The molecule has 0 saturated carbocycles. The number of carbonyl (C=O) groups is 1. The Kier molecular flexibility index (Phi) is 4.34. The van der Waals surface area contributed by atoms with Gasteiger partial charge in [0, 0.05) is 18.8 Å². The summed E-state index contributed by atoms with van der Waals surface area (Å²) in [7, 11) is 0. The van der Waals surface area contributed by atoms with E-state index in [1.807, 2.05) is 37.6 Å². The summed E-state index contributed by atoms with van der Waals surface area (Å²) in [5, 5.41) is 12.6. The quantitative estimate of drug-likeness (QED) is 0.824. The van der Waals surface area contributed by atoms with E-state index in [0.29, 0.717) is 12.1 Å². The van der Waals surface area contributed by atoms with Crippen molar-refractivity contribution in [3.8, 4) is 0 Å². The Morgan fingerprint density at radius 1 is 1.59 bits per heavy atom. The molecule has 1 atom stereocenters. The van der Waals surface area contributed by atoms with E-state index in [-0.39, 0.29) is 18.5 Å². The molecule has 0 fully saturated rings. The van der Waals surface area contributed by atoms with E-state index in [1.54, 1.807) is 13.0 Å². The number of rotatable bonds is 5. The molecule has 1 amide bonds. The van der Waals surface area contributed by atoms with Gasteiger partial charge in [0.1, 0.15) is 5.69 Å². The highest BCUT2D eigenvalue weighted by Crippen LogP contribution is 2.11. The third kappa shape index (κ3) is 3.60. The second-order valence-electron chi connectivity index (χ2n) is 4.93. The highest BCUT2D eigenvalue weighted by Gasteiger charge is 2.20. The van der Waals surface area contributed by atoms with Gasteiger partial charge >= 0.3 is 0 Å². The van der Waals surface area contributed by atoms with Gasteiger partial charge in [-0.25, -0.2) is 0 Å². The van der Waals surface area contributed by atoms with Gasteiger partial charge in [0.05, 0.1) is 5.60 Å². The van der Waals surface area contributed by atoms with E-state index < -0.39 is 5.60 Å². The third-order valence-corrected chi connectivity index (χ3v) is 2.96. The maximum Gasteiger partial charge on any atom is 0.268 e. The monoisotopic (exact) mass is 238 g/mol. The van der Waals surface area contributed by atoms with Crippen molar-refractivity contribution in [1.82, 2.24) is 9.88 Å². The molecule has 1 rings (SSSR count). The molecule has 0 bridgehead atoms. The lowest BCUT2D eigenvalue weighted by Crippen LogP contribution is -2.40. The predicted octanol–water partition coefficient (Wildman–Crippen LogP) is 1.96. The Morgan fingerprint density at radius 3 is 2.76 bits per heavy atom. The van der Waals surface area contributed by atoms with Gasteiger partial charge in [-0.3, -0.25) is 4.79 Å². The van der Waals surface area contributed by atoms with Crippen LogP contribution in [0, 0.1) is 0 Å². The third-order valence-electron chi connectivity index (χ3n) is 2.96. The molecular weight excluding hydrogens is 216 g/mol. The van der Waals surface area contributed by atoms with Crippen LogP contribution in [0.15, 0.2) is 18.3 Å². The largest absolute Gasteiger partial charge is 0.388 e. The molecule has 4 heteroatoms. The molecule has 4 nitrogen and oxygen atoms in total. The smallest absolute Gasteiger partial charge is 0.268 e. The summed E-state index contributed by atoms with van der Waals surface area (Å²) in [6.07, 6.45) is 2.50. The van der Waals surface area contributed by atoms with Crippen LogP contribution in [-0.2, 0) is 0 Å². The number of carbonyl (C=O) groups excluding carboxylic acids is 1. The zero-order valence-corrected chi connectivity index (χ0v) is 11.0. The lowest BCUT2D eigenvalue weighted by molar-refractivity contribution is 0.0515. The van der Waals surface area contributed by atoms with Crippen LogP contribution in [0.3, 0.4) is 0 Å². The molecule has 17 heavy (non-hydrogen) atoms. The van der Waals surface area contributed by atoms with E-state index in [0.717, 1.165) is 0 Å². The first kappa shape index (κ1) is 13.8. The van der Waals surface area contributed by atoms with Crippen molar-refractivity contribution in [3.63, 3.8) is 0 Å². The summed E-state index contributed by atoms with van der Waals surface area (Å²) in [6, 6.07) is 3.89. The lowest BCUT2D eigenvalue weighted by atomic mass is 10.0. The molecule has 1 heterocycles. The molecule has 0 spiro atoms. The fraction of sp³-hybridized carbons (Fsp3) is 0.615. The van der Waals surface area contributed by atoms with Crippen LogP contribution in [0.2, 0.25) is 0 Å². The summed E-state index contributed by atoms with van der Waals surface area (Å²) < 4.78 is 1.91. The van der Waals surface area contributed by atoms with Crippen molar-refractivity contribution in [2.75, 3.05) is 6.54 Å². The van der Waals surface area contributed by atoms with Crippen LogP contribution in [0.4, 0.5) is 0 Å². The minimum atomic E-state index is -0.842. The zero-order valence-electron chi connectivity index (χ0n) is 11.0. The molecule has 0 saturated heterocycles. The molecule has 0 radical (unpaired) electrons. The summed E-state index contributed by atoms with van der Waals surface area (Å²) >= 11 is 0. The average Bonchev–Trinajstić information content (AvgIpc) is 2.75. The molecule has 1 unspecified atom stereocenters. The van der Waals surface area contributed by atoms with E-state index in [4.69, 9.17) is 0 Å². The topological polar surface area (TPSA) is 54.3 Å². The number of aliphatic hydroxyl groups is 1. The first-order chi connectivity index (χ1) is 7.87. The van der Waals surface area contributed by atoms with Crippen molar-refractivity contribution >= 4 is 5.91 Å². The van der Waals surface area contributed by atoms with Crippen molar-refractivity contribution < 1.29 is 9.90 Å². The van der Waals surface area contributed by atoms with Gasteiger partial charge in [-0.15, -0.1) is 0 Å². The standard InChI is InChI=1S/C13H22N2O2/c1-5-13(4,17)9-14-12(16)11-7-6-8-15(11)10(2)3/h6-8,10,17H,5,9H2,1-4H3,(H,14,16). The molecule has 0 aromatic carbocycles. The maximum atomic E-state index is 12.0. The van der Waals surface area contributed by atoms with Gasteiger partial charge < -0.3 is 15.0 Å². The highest BCUT2D eigenvalue weighted by molar-refractivity contribution is 5.92. The Labute approximate surface area is 103 Å². The van der Waals surface area contributed by atoms with Gasteiger partial charge in [0.2, 0.25) is 0 Å². The van der Waals surface area contributed by atoms with E-state index in [9.17, 15) is 9.90 Å². The second kappa shape index (κ2) is 5.36. The molecule has 96 valence electrons. The normalized spacial score (nSPS) is 14.7. The Hall–Kier alpha value is -1.29. The summed E-state index contributed by atoms with van der Waals surface area (Å²) in [5.74, 6) is -0.141. The molecule has 2 N–H and O–H groups in total. The number of hydrogen-bond donors (Lipinski definition) is 2. The molecule has 0 aliphatic heterocycles. The Balaban J connectivity index is 2.68. The molecule has 1 aromatic heterocycles. The van der Waals surface area contributed by atoms with Crippen LogP contribution in [0.1, 0.15) is 50.6 Å².